The van der Waals surface area contributed by atoms with Gasteiger partial charge in [0, 0.05) is 11.6 Å². The molecule has 0 aliphatic heterocycles. The van der Waals surface area contributed by atoms with E-state index < -0.39 is 17.6 Å². The third kappa shape index (κ3) is 4.31. The molecule has 6 heteroatoms. The monoisotopic (exact) mass is 353 g/mol. The van der Waals surface area contributed by atoms with Crippen LogP contribution in [-0.4, -0.2) is 12.1 Å². The van der Waals surface area contributed by atoms with Crippen LogP contribution < -0.4 is 10.5 Å². The SMILES string of the molecule is NC1CCC(Oc2ccc(C(F)(F)F)cc2-c2ccc(F)cc2)CC1. The number of nitrogens with two attached hydrogens (primary N) is 1. The van der Waals surface area contributed by atoms with Crippen molar-refractivity contribution in [2.75, 3.05) is 0 Å². The Balaban J connectivity index is 1.94. The van der Waals surface area contributed by atoms with E-state index in [1.54, 1.807) is 0 Å². The normalized spacial score (nSPS) is 21.2. The first kappa shape index (κ1) is 17.7. The summed E-state index contributed by atoms with van der Waals surface area (Å²) in [7, 11) is 0. The van der Waals surface area contributed by atoms with E-state index in [9.17, 15) is 17.6 Å². The van der Waals surface area contributed by atoms with E-state index in [0.29, 0.717) is 16.9 Å². The average molecular weight is 353 g/mol. The van der Waals surface area contributed by atoms with Crippen LogP contribution in [-0.2, 0) is 6.18 Å². The molecule has 0 radical (unpaired) electrons. The van der Waals surface area contributed by atoms with Gasteiger partial charge in [0.2, 0.25) is 0 Å². The zero-order chi connectivity index (χ0) is 18.0. The molecule has 0 spiro atoms. The number of alkyl halides is 3. The van der Waals surface area contributed by atoms with Crippen molar-refractivity contribution in [3.8, 4) is 16.9 Å². The zero-order valence-corrected chi connectivity index (χ0v) is 13.5. The lowest BCUT2D eigenvalue weighted by molar-refractivity contribution is -0.137. The van der Waals surface area contributed by atoms with Gasteiger partial charge in [-0.2, -0.15) is 13.2 Å². The van der Waals surface area contributed by atoms with Gasteiger partial charge in [-0.25, -0.2) is 4.39 Å². The van der Waals surface area contributed by atoms with E-state index in [4.69, 9.17) is 10.5 Å². The van der Waals surface area contributed by atoms with E-state index in [0.717, 1.165) is 37.8 Å². The molecule has 1 fully saturated rings. The van der Waals surface area contributed by atoms with Crippen molar-refractivity contribution in [1.29, 1.82) is 0 Å². The van der Waals surface area contributed by atoms with Crippen LogP contribution in [0.2, 0.25) is 0 Å². The van der Waals surface area contributed by atoms with Gasteiger partial charge in [0.05, 0.1) is 11.7 Å². The molecule has 1 saturated carbocycles. The summed E-state index contributed by atoms with van der Waals surface area (Å²) in [5.74, 6) is -0.0699. The van der Waals surface area contributed by atoms with Crippen LogP contribution in [0, 0.1) is 5.82 Å². The van der Waals surface area contributed by atoms with E-state index in [-0.39, 0.29) is 12.1 Å². The molecular formula is C19H19F4NO. The van der Waals surface area contributed by atoms with Crippen molar-refractivity contribution < 1.29 is 22.3 Å². The van der Waals surface area contributed by atoms with Crippen LogP contribution in [0.4, 0.5) is 17.6 Å². The third-order valence-electron chi connectivity index (χ3n) is 4.47. The highest BCUT2D eigenvalue weighted by atomic mass is 19.4. The summed E-state index contributed by atoms with van der Waals surface area (Å²) in [6, 6.07) is 8.91. The second-order valence-electron chi connectivity index (χ2n) is 6.37. The Bertz CT molecular complexity index is 719. The van der Waals surface area contributed by atoms with Crippen LogP contribution in [0.3, 0.4) is 0 Å². The number of hydrogen-bond acceptors (Lipinski definition) is 2. The minimum atomic E-state index is -4.45. The number of hydrogen-bond donors (Lipinski definition) is 1. The van der Waals surface area contributed by atoms with Gasteiger partial charge >= 0.3 is 6.18 Å². The highest BCUT2D eigenvalue weighted by Gasteiger charge is 2.31. The van der Waals surface area contributed by atoms with Gasteiger partial charge in [-0.05, 0) is 61.6 Å². The quantitative estimate of drug-likeness (QED) is 0.774. The molecule has 0 amide bonds. The van der Waals surface area contributed by atoms with Gasteiger partial charge in [-0.1, -0.05) is 12.1 Å². The van der Waals surface area contributed by atoms with Crippen molar-refractivity contribution >= 4 is 0 Å². The standard InChI is InChI=1S/C19H19F4NO/c20-14-4-1-12(2-5-14)17-11-13(19(21,22)23)3-10-18(17)25-16-8-6-15(24)7-9-16/h1-5,10-11,15-16H,6-9,24H2. The second-order valence-corrected chi connectivity index (χ2v) is 6.37. The van der Waals surface area contributed by atoms with Gasteiger partial charge < -0.3 is 10.5 Å². The molecule has 134 valence electrons. The predicted octanol–water partition coefficient (Wildman–Crippen LogP) is 5.16. The minimum Gasteiger partial charge on any atom is -0.490 e. The molecule has 0 heterocycles. The summed E-state index contributed by atoms with van der Waals surface area (Å²) >= 11 is 0. The first-order valence-corrected chi connectivity index (χ1v) is 8.22. The maximum absolute atomic E-state index is 13.2. The molecule has 25 heavy (non-hydrogen) atoms. The van der Waals surface area contributed by atoms with Gasteiger partial charge in [0.15, 0.2) is 0 Å². The average Bonchev–Trinajstić information content (AvgIpc) is 2.57. The smallest absolute Gasteiger partial charge is 0.416 e. The molecule has 0 unspecified atom stereocenters. The van der Waals surface area contributed by atoms with Gasteiger partial charge in [0.1, 0.15) is 11.6 Å². The molecule has 0 saturated heterocycles. The first-order chi connectivity index (χ1) is 11.8. The van der Waals surface area contributed by atoms with Gasteiger partial charge in [0.25, 0.3) is 0 Å². The molecule has 0 atom stereocenters. The third-order valence-corrected chi connectivity index (χ3v) is 4.47. The lowest BCUT2D eigenvalue weighted by Gasteiger charge is -2.28. The molecule has 2 aromatic carbocycles. The number of ether oxygens (including phenoxy) is 1. The predicted molar refractivity (Wildman–Crippen MR) is 87.7 cm³/mol. The van der Waals surface area contributed by atoms with E-state index >= 15 is 0 Å². The molecule has 0 aromatic heterocycles. The molecule has 1 aliphatic rings. The van der Waals surface area contributed by atoms with Crippen molar-refractivity contribution in [1.82, 2.24) is 0 Å². The maximum atomic E-state index is 13.2. The summed E-state index contributed by atoms with van der Waals surface area (Å²) < 4.78 is 58.3. The summed E-state index contributed by atoms with van der Waals surface area (Å²) in [5.41, 5.74) is 5.91. The summed E-state index contributed by atoms with van der Waals surface area (Å²) in [6.07, 6.45) is -1.33. The van der Waals surface area contributed by atoms with Crippen LogP contribution in [0.25, 0.3) is 11.1 Å². The van der Waals surface area contributed by atoms with E-state index in [2.05, 4.69) is 0 Å². The molecule has 1 aliphatic carbocycles. The summed E-state index contributed by atoms with van der Waals surface area (Å²) in [6.45, 7) is 0. The molecule has 2 aromatic rings. The highest BCUT2D eigenvalue weighted by Crippen LogP contribution is 2.38. The van der Waals surface area contributed by atoms with Crippen molar-refractivity contribution in [3.05, 3.63) is 53.8 Å². The Labute approximate surface area is 143 Å². The first-order valence-electron chi connectivity index (χ1n) is 8.22. The maximum Gasteiger partial charge on any atom is 0.416 e. The molecule has 2 nitrogen and oxygen atoms in total. The zero-order valence-electron chi connectivity index (χ0n) is 13.5. The molecule has 2 N–H and O–H groups in total. The van der Waals surface area contributed by atoms with Crippen LogP contribution in [0.1, 0.15) is 31.2 Å². The lowest BCUT2D eigenvalue weighted by Crippen LogP contribution is -2.31. The Morgan fingerprint density at radius 1 is 0.920 bits per heavy atom. The van der Waals surface area contributed by atoms with Crippen LogP contribution in [0.15, 0.2) is 42.5 Å². The topological polar surface area (TPSA) is 35.2 Å². The number of rotatable bonds is 3. The number of halogens is 4. The largest absolute Gasteiger partial charge is 0.490 e. The Kier molecular flexibility index (Phi) is 4.99. The van der Waals surface area contributed by atoms with Crippen molar-refractivity contribution in [2.45, 2.75) is 44.0 Å². The van der Waals surface area contributed by atoms with Crippen molar-refractivity contribution in [3.63, 3.8) is 0 Å². The Hall–Kier alpha value is -2.08. The Morgan fingerprint density at radius 2 is 1.56 bits per heavy atom. The van der Waals surface area contributed by atoms with Gasteiger partial charge in [-0.15, -0.1) is 0 Å². The minimum absolute atomic E-state index is 0.0734. The van der Waals surface area contributed by atoms with Crippen LogP contribution >= 0.6 is 0 Å². The number of benzene rings is 2. The van der Waals surface area contributed by atoms with Crippen molar-refractivity contribution in [2.24, 2.45) is 5.73 Å². The fourth-order valence-electron chi connectivity index (χ4n) is 3.05. The molecular weight excluding hydrogens is 334 g/mol. The highest BCUT2D eigenvalue weighted by molar-refractivity contribution is 5.71. The van der Waals surface area contributed by atoms with E-state index in [1.807, 2.05) is 0 Å². The van der Waals surface area contributed by atoms with Gasteiger partial charge in [-0.3, -0.25) is 0 Å². The second kappa shape index (κ2) is 7.04. The summed E-state index contributed by atoms with van der Waals surface area (Å²) in [4.78, 5) is 0. The fourth-order valence-corrected chi connectivity index (χ4v) is 3.05. The van der Waals surface area contributed by atoms with Crippen LogP contribution in [0.5, 0.6) is 5.75 Å². The van der Waals surface area contributed by atoms with E-state index in [1.165, 1.54) is 30.3 Å². The Morgan fingerprint density at radius 3 is 2.16 bits per heavy atom. The molecule has 0 bridgehead atoms. The summed E-state index contributed by atoms with van der Waals surface area (Å²) in [5, 5.41) is 0. The lowest BCUT2D eigenvalue weighted by atomic mass is 9.93. The molecule has 3 rings (SSSR count). The fraction of sp³-hybridized carbons (Fsp3) is 0.368.